The van der Waals surface area contributed by atoms with Gasteiger partial charge in [0.25, 0.3) is 10.0 Å². The van der Waals surface area contributed by atoms with Crippen LogP contribution in [0.5, 0.6) is 0 Å². The van der Waals surface area contributed by atoms with Crippen molar-refractivity contribution >= 4 is 60.3 Å². The monoisotopic (exact) mass is 376 g/mol. The number of thiocarbonyl (C=S) groups is 1. The second-order valence-electron chi connectivity index (χ2n) is 3.50. The second kappa shape index (κ2) is 6.00. The lowest BCUT2D eigenvalue weighted by molar-refractivity contribution is 0.595. The molecular formula is C11H9BrN2O2S3. The molecule has 0 aliphatic rings. The number of sulfonamides is 1. The summed E-state index contributed by atoms with van der Waals surface area (Å²) < 4.78 is 27.3. The Morgan fingerprint density at radius 1 is 1.21 bits per heavy atom. The molecule has 4 nitrogen and oxygen atoms in total. The summed E-state index contributed by atoms with van der Waals surface area (Å²) in [5.74, 6) is 0. The lowest BCUT2D eigenvalue weighted by Gasteiger charge is -2.10. The summed E-state index contributed by atoms with van der Waals surface area (Å²) in [6.45, 7) is 0. The van der Waals surface area contributed by atoms with Crippen LogP contribution in [0, 0.1) is 0 Å². The van der Waals surface area contributed by atoms with E-state index in [4.69, 9.17) is 12.2 Å². The highest BCUT2D eigenvalue weighted by atomic mass is 79.9. The first-order valence-corrected chi connectivity index (χ1v) is 8.67. The molecule has 0 radical (unpaired) electrons. The molecule has 0 aliphatic carbocycles. The maximum absolute atomic E-state index is 11.9. The Labute approximate surface area is 129 Å². The van der Waals surface area contributed by atoms with Gasteiger partial charge in [0.2, 0.25) is 0 Å². The number of hydrogen-bond donors (Lipinski definition) is 2. The molecule has 0 fully saturated rings. The van der Waals surface area contributed by atoms with E-state index in [9.17, 15) is 8.42 Å². The summed E-state index contributed by atoms with van der Waals surface area (Å²) in [7, 11) is -3.59. The van der Waals surface area contributed by atoms with Gasteiger partial charge in [-0.15, -0.1) is 11.3 Å². The van der Waals surface area contributed by atoms with E-state index in [1.54, 1.807) is 23.6 Å². The van der Waals surface area contributed by atoms with Crippen LogP contribution in [0.1, 0.15) is 0 Å². The zero-order valence-corrected chi connectivity index (χ0v) is 13.5. The average molecular weight is 377 g/mol. The van der Waals surface area contributed by atoms with Crippen molar-refractivity contribution in [2.75, 3.05) is 5.32 Å². The van der Waals surface area contributed by atoms with Gasteiger partial charge in [0, 0.05) is 10.2 Å². The number of halogens is 1. The van der Waals surface area contributed by atoms with Crippen molar-refractivity contribution in [2.24, 2.45) is 0 Å². The fraction of sp³-hybridized carbons (Fsp3) is 0. The minimum absolute atomic E-state index is 0.0377. The lowest BCUT2D eigenvalue weighted by Crippen LogP contribution is -2.33. The Morgan fingerprint density at radius 2 is 1.89 bits per heavy atom. The first kappa shape index (κ1) is 14.4. The van der Waals surface area contributed by atoms with Crippen LogP contribution in [0.3, 0.4) is 0 Å². The van der Waals surface area contributed by atoms with Crippen molar-refractivity contribution in [3.8, 4) is 0 Å². The molecule has 0 saturated heterocycles. The predicted octanol–water partition coefficient (Wildman–Crippen LogP) is 3.19. The van der Waals surface area contributed by atoms with Crippen LogP contribution in [0.4, 0.5) is 5.69 Å². The molecule has 0 saturated carbocycles. The third kappa shape index (κ3) is 4.00. The standard InChI is InChI=1S/C11H9BrN2O2S3/c12-8-3-5-9(6-4-8)13-11(17)14-19(15,16)10-2-1-7-18-10/h1-7H,(H2,13,14,17). The second-order valence-corrected chi connectivity index (χ2v) is 7.68. The van der Waals surface area contributed by atoms with Crippen LogP contribution >= 0.6 is 39.5 Å². The van der Waals surface area contributed by atoms with Crippen LogP contribution in [0.25, 0.3) is 0 Å². The number of rotatable bonds is 3. The Bertz CT molecular complexity index is 666. The van der Waals surface area contributed by atoms with E-state index in [1.807, 2.05) is 12.1 Å². The molecule has 0 bridgehead atoms. The van der Waals surface area contributed by atoms with Gasteiger partial charge in [-0.1, -0.05) is 22.0 Å². The average Bonchev–Trinajstić information content (AvgIpc) is 2.85. The van der Waals surface area contributed by atoms with Crippen molar-refractivity contribution in [2.45, 2.75) is 4.21 Å². The fourth-order valence-corrected chi connectivity index (χ4v) is 3.89. The van der Waals surface area contributed by atoms with Gasteiger partial charge in [0.15, 0.2) is 5.11 Å². The Kier molecular flexibility index (Phi) is 4.56. The van der Waals surface area contributed by atoms with Crippen LogP contribution < -0.4 is 10.0 Å². The number of anilines is 1. The van der Waals surface area contributed by atoms with Gasteiger partial charge in [-0.2, -0.15) is 0 Å². The molecule has 2 N–H and O–H groups in total. The summed E-state index contributed by atoms with van der Waals surface area (Å²) in [6.07, 6.45) is 0. The van der Waals surface area contributed by atoms with E-state index < -0.39 is 10.0 Å². The fourth-order valence-electron chi connectivity index (χ4n) is 1.28. The zero-order chi connectivity index (χ0) is 13.9. The molecule has 0 spiro atoms. The summed E-state index contributed by atoms with van der Waals surface area (Å²) in [6, 6.07) is 10.4. The summed E-state index contributed by atoms with van der Waals surface area (Å²) >= 11 is 9.43. The highest BCUT2D eigenvalue weighted by molar-refractivity contribution is 9.10. The number of hydrogen-bond acceptors (Lipinski definition) is 4. The van der Waals surface area contributed by atoms with Crippen LogP contribution in [0.15, 0.2) is 50.5 Å². The molecule has 0 atom stereocenters. The van der Waals surface area contributed by atoms with Crippen LogP contribution in [-0.2, 0) is 10.0 Å². The van der Waals surface area contributed by atoms with Gasteiger partial charge in [0.1, 0.15) is 4.21 Å². The number of nitrogens with one attached hydrogen (secondary N) is 2. The van der Waals surface area contributed by atoms with Crippen molar-refractivity contribution in [1.29, 1.82) is 0 Å². The van der Waals surface area contributed by atoms with Gasteiger partial charge in [0.05, 0.1) is 0 Å². The Hall–Kier alpha value is -0.960. The van der Waals surface area contributed by atoms with Crippen molar-refractivity contribution < 1.29 is 8.42 Å². The molecule has 19 heavy (non-hydrogen) atoms. The van der Waals surface area contributed by atoms with Gasteiger partial charge in [-0.05, 0) is 47.9 Å². The van der Waals surface area contributed by atoms with Gasteiger partial charge >= 0.3 is 0 Å². The predicted molar refractivity (Wildman–Crippen MR) is 85.0 cm³/mol. The highest BCUT2D eigenvalue weighted by Crippen LogP contribution is 2.16. The molecule has 1 aromatic heterocycles. The molecule has 0 unspecified atom stereocenters. The molecule has 0 aliphatic heterocycles. The minimum atomic E-state index is -3.59. The molecule has 100 valence electrons. The van der Waals surface area contributed by atoms with Crippen molar-refractivity contribution in [3.63, 3.8) is 0 Å². The lowest BCUT2D eigenvalue weighted by atomic mass is 10.3. The third-order valence-corrected chi connectivity index (χ3v) is 5.70. The maximum Gasteiger partial charge on any atom is 0.273 e. The number of benzene rings is 1. The zero-order valence-electron chi connectivity index (χ0n) is 9.46. The first-order chi connectivity index (χ1) is 8.97. The van der Waals surface area contributed by atoms with E-state index in [0.29, 0.717) is 5.69 Å². The van der Waals surface area contributed by atoms with Gasteiger partial charge in [-0.25, -0.2) is 8.42 Å². The molecular weight excluding hydrogens is 368 g/mol. The maximum atomic E-state index is 11.9. The minimum Gasteiger partial charge on any atom is -0.332 e. The highest BCUT2D eigenvalue weighted by Gasteiger charge is 2.16. The SMILES string of the molecule is O=S(=O)(NC(=S)Nc1ccc(Br)cc1)c1cccs1. The molecule has 2 rings (SSSR count). The van der Waals surface area contributed by atoms with E-state index in [0.717, 1.165) is 15.8 Å². The molecule has 2 aromatic rings. The quantitative estimate of drug-likeness (QED) is 0.807. The van der Waals surface area contributed by atoms with Crippen molar-refractivity contribution in [3.05, 3.63) is 46.3 Å². The largest absolute Gasteiger partial charge is 0.332 e. The van der Waals surface area contributed by atoms with E-state index >= 15 is 0 Å². The topological polar surface area (TPSA) is 58.2 Å². The Morgan fingerprint density at radius 3 is 2.47 bits per heavy atom. The molecule has 1 aromatic carbocycles. The Balaban J connectivity index is 2.04. The molecule has 0 amide bonds. The number of thiophene rings is 1. The molecule has 8 heteroatoms. The van der Waals surface area contributed by atoms with Gasteiger partial charge in [-0.3, -0.25) is 4.72 Å². The smallest absolute Gasteiger partial charge is 0.273 e. The van der Waals surface area contributed by atoms with Crippen LogP contribution in [0.2, 0.25) is 0 Å². The van der Waals surface area contributed by atoms with Crippen LogP contribution in [-0.4, -0.2) is 13.5 Å². The normalized spacial score (nSPS) is 11.0. The first-order valence-electron chi connectivity index (χ1n) is 5.10. The molecule has 1 heterocycles. The van der Waals surface area contributed by atoms with E-state index in [1.165, 1.54) is 6.07 Å². The third-order valence-electron chi connectivity index (χ3n) is 2.09. The summed E-state index contributed by atoms with van der Waals surface area (Å²) in [5.41, 5.74) is 0.710. The summed E-state index contributed by atoms with van der Waals surface area (Å²) in [5, 5.41) is 4.54. The van der Waals surface area contributed by atoms with Gasteiger partial charge < -0.3 is 5.32 Å². The summed E-state index contributed by atoms with van der Waals surface area (Å²) in [4.78, 5) is 0. The van der Waals surface area contributed by atoms with E-state index in [2.05, 4.69) is 26.0 Å². The van der Waals surface area contributed by atoms with E-state index in [-0.39, 0.29) is 9.32 Å². The van der Waals surface area contributed by atoms with Crippen molar-refractivity contribution in [1.82, 2.24) is 4.72 Å².